The van der Waals surface area contributed by atoms with E-state index < -0.39 is 6.04 Å². The Labute approximate surface area is 179 Å². The standard InChI is InChI=1S/C22H25BrN2O4/c1-13(2)10-18(25-21(26)15-7-5-4-6-14(15)3)22(27)24-17-12-20-19(11-16(17)23)28-8-9-29-20/h4-7,11-13,18H,8-10H2,1-3H3,(H,24,27)(H,25,26). The Bertz CT molecular complexity index is 914. The Morgan fingerprint density at radius 2 is 1.76 bits per heavy atom. The summed E-state index contributed by atoms with van der Waals surface area (Å²) in [6.07, 6.45) is 0.519. The molecule has 2 aromatic rings. The van der Waals surface area contributed by atoms with Crippen LogP contribution in [0.1, 0.15) is 36.2 Å². The van der Waals surface area contributed by atoms with Gasteiger partial charge < -0.3 is 20.1 Å². The number of benzene rings is 2. The van der Waals surface area contributed by atoms with Gasteiger partial charge in [0.2, 0.25) is 5.91 Å². The van der Waals surface area contributed by atoms with E-state index in [0.717, 1.165) is 5.56 Å². The minimum atomic E-state index is -0.665. The lowest BCUT2D eigenvalue weighted by molar-refractivity contribution is -0.118. The summed E-state index contributed by atoms with van der Waals surface area (Å²) in [5.41, 5.74) is 2.00. The Balaban J connectivity index is 1.77. The molecule has 1 heterocycles. The second-order valence-electron chi connectivity index (χ2n) is 7.44. The molecule has 1 unspecified atom stereocenters. The van der Waals surface area contributed by atoms with Crippen LogP contribution < -0.4 is 20.1 Å². The van der Waals surface area contributed by atoms with Crippen molar-refractivity contribution in [2.45, 2.75) is 33.2 Å². The van der Waals surface area contributed by atoms with Crippen molar-refractivity contribution < 1.29 is 19.1 Å². The number of fused-ring (bicyclic) bond motifs is 1. The lowest BCUT2D eigenvalue weighted by atomic mass is 10.0. The van der Waals surface area contributed by atoms with Crippen molar-refractivity contribution >= 4 is 33.4 Å². The molecule has 2 amide bonds. The third kappa shape index (κ3) is 5.29. The molecule has 1 aliphatic heterocycles. The molecular formula is C22H25BrN2O4. The molecule has 2 aromatic carbocycles. The smallest absolute Gasteiger partial charge is 0.252 e. The van der Waals surface area contributed by atoms with Gasteiger partial charge in [0, 0.05) is 22.2 Å². The van der Waals surface area contributed by atoms with Crippen LogP contribution >= 0.6 is 15.9 Å². The quantitative estimate of drug-likeness (QED) is 0.672. The van der Waals surface area contributed by atoms with Crippen molar-refractivity contribution in [1.82, 2.24) is 5.32 Å². The third-order valence-corrected chi connectivity index (χ3v) is 5.26. The summed E-state index contributed by atoms with van der Waals surface area (Å²) in [7, 11) is 0. The molecule has 1 aliphatic rings. The molecule has 1 atom stereocenters. The Morgan fingerprint density at radius 3 is 2.41 bits per heavy atom. The van der Waals surface area contributed by atoms with Crippen LogP contribution in [0, 0.1) is 12.8 Å². The monoisotopic (exact) mass is 460 g/mol. The summed E-state index contributed by atoms with van der Waals surface area (Å²) in [5.74, 6) is 0.904. The van der Waals surface area contributed by atoms with E-state index in [9.17, 15) is 9.59 Å². The van der Waals surface area contributed by atoms with E-state index in [2.05, 4.69) is 26.6 Å². The maximum Gasteiger partial charge on any atom is 0.252 e. The van der Waals surface area contributed by atoms with Gasteiger partial charge in [-0.3, -0.25) is 9.59 Å². The van der Waals surface area contributed by atoms with Crippen molar-refractivity contribution in [2.24, 2.45) is 5.92 Å². The van der Waals surface area contributed by atoms with Crippen molar-refractivity contribution in [3.63, 3.8) is 0 Å². The number of ether oxygens (including phenoxy) is 2. The van der Waals surface area contributed by atoms with Gasteiger partial charge in [0.15, 0.2) is 11.5 Å². The first-order valence-electron chi connectivity index (χ1n) is 9.61. The molecule has 0 spiro atoms. The zero-order chi connectivity index (χ0) is 21.0. The maximum absolute atomic E-state index is 13.0. The minimum Gasteiger partial charge on any atom is -0.486 e. The van der Waals surface area contributed by atoms with Crippen LogP contribution in [-0.2, 0) is 4.79 Å². The highest BCUT2D eigenvalue weighted by atomic mass is 79.9. The van der Waals surface area contributed by atoms with Gasteiger partial charge in [-0.05, 0) is 46.8 Å². The van der Waals surface area contributed by atoms with Crippen LogP contribution in [0.5, 0.6) is 11.5 Å². The molecule has 6 nitrogen and oxygen atoms in total. The minimum absolute atomic E-state index is 0.228. The van der Waals surface area contributed by atoms with Crippen LogP contribution in [0.4, 0.5) is 5.69 Å². The van der Waals surface area contributed by atoms with Crippen molar-refractivity contribution in [2.75, 3.05) is 18.5 Å². The molecule has 0 saturated heterocycles. The average molecular weight is 461 g/mol. The second-order valence-corrected chi connectivity index (χ2v) is 8.29. The number of hydrogen-bond acceptors (Lipinski definition) is 4. The normalized spacial score (nSPS) is 13.7. The summed E-state index contributed by atoms with van der Waals surface area (Å²) >= 11 is 3.46. The number of carbonyl (C=O) groups is 2. The maximum atomic E-state index is 13.0. The fraction of sp³-hybridized carbons (Fsp3) is 0.364. The molecule has 2 N–H and O–H groups in total. The predicted octanol–water partition coefficient (Wildman–Crippen LogP) is 4.31. The van der Waals surface area contributed by atoms with E-state index in [1.165, 1.54) is 0 Å². The van der Waals surface area contributed by atoms with E-state index in [0.29, 0.717) is 46.9 Å². The zero-order valence-corrected chi connectivity index (χ0v) is 18.3. The van der Waals surface area contributed by atoms with Crippen LogP contribution in [0.3, 0.4) is 0 Å². The van der Waals surface area contributed by atoms with Crippen LogP contribution in [-0.4, -0.2) is 31.1 Å². The Kier molecular flexibility index (Phi) is 6.79. The number of hydrogen-bond donors (Lipinski definition) is 2. The average Bonchev–Trinajstić information content (AvgIpc) is 2.68. The number of carbonyl (C=O) groups excluding carboxylic acids is 2. The lowest BCUT2D eigenvalue weighted by Gasteiger charge is -2.23. The molecule has 0 saturated carbocycles. The first kappa shape index (κ1) is 21.2. The summed E-state index contributed by atoms with van der Waals surface area (Å²) < 4.78 is 11.8. The van der Waals surface area contributed by atoms with E-state index in [4.69, 9.17) is 9.47 Å². The van der Waals surface area contributed by atoms with E-state index in [1.54, 1.807) is 18.2 Å². The summed E-state index contributed by atoms with van der Waals surface area (Å²) in [4.78, 5) is 25.7. The SMILES string of the molecule is Cc1ccccc1C(=O)NC(CC(C)C)C(=O)Nc1cc2c(cc1Br)OCCO2. The number of anilines is 1. The van der Waals surface area contributed by atoms with Crippen molar-refractivity contribution in [3.05, 3.63) is 52.0 Å². The largest absolute Gasteiger partial charge is 0.486 e. The highest BCUT2D eigenvalue weighted by molar-refractivity contribution is 9.10. The van der Waals surface area contributed by atoms with Gasteiger partial charge in [-0.25, -0.2) is 0 Å². The molecule has 7 heteroatoms. The van der Waals surface area contributed by atoms with Crippen molar-refractivity contribution in [1.29, 1.82) is 0 Å². The summed E-state index contributed by atoms with van der Waals surface area (Å²) in [6.45, 7) is 6.86. The lowest BCUT2D eigenvalue weighted by Crippen LogP contribution is -2.44. The Morgan fingerprint density at radius 1 is 1.10 bits per heavy atom. The third-order valence-electron chi connectivity index (χ3n) is 4.61. The molecule has 0 aliphatic carbocycles. The highest BCUT2D eigenvalue weighted by Crippen LogP contribution is 2.38. The van der Waals surface area contributed by atoms with Gasteiger partial charge in [0.05, 0.1) is 5.69 Å². The Hall–Kier alpha value is -2.54. The van der Waals surface area contributed by atoms with Crippen molar-refractivity contribution in [3.8, 4) is 11.5 Å². The molecule has 29 heavy (non-hydrogen) atoms. The van der Waals surface area contributed by atoms with Gasteiger partial charge in [0.1, 0.15) is 19.3 Å². The first-order valence-corrected chi connectivity index (χ1v) is 10.4. The number of nitrogens with one attached hydrogen (secondary N) is 2. The van der Waals surface area contributed by atoms with Gasteiger partial charge in [-0.2, -0.15) is 0 Å². The first-order chi connectivity index (χ1) is 13.8. The highest BCUT2D eigenvalue weighted by Gasteiger charge is 2.25. The van der Waals surface area contributed by atoms with Gasteiger partial charge in [-0.15, -0.1) is 0 Å². The molecule has 0 aromatic heterocycles. The van der Waals surface area contributed by atoms with Gasteiger partial charge in [0.25, 0.3) is 5.91 Å². The fourth-order valence-electron chi connectivity index (χ4n) is 3.15. The van der Waals surface area contributed by atoms with Crippen LogP contribution in [0.2, 0.25) is 0 Å². The predicted molar refractivity (Wildman–Crippen MR) is 116 cm³/mol. The molecular weight excluding hydrogens is 436 g/mol. The van der Waals surface area contributed by atoms with E-state index in [1.807, 2.05) is 39.0 Å². The van der Waals surface area contributed by atoms with Crippen LogP contribution in [0.15, 0.2) is 40.9 Å². The summed E-state index contributed by atoms with van der Waals surface area (Å²) in [6, 6.07) is 10.2. The van der Waals surface area contributed by atoms with Gasteiger partial charge >= 0.3 is 0 Å². The number of halogens is 1. The number of rotatable bonds is 6. The number of aryl methyl sites for hydroxylation is 1. The van der Waals surface area contributed by atoms with Gasteiger partial charge in [-0.1, -0.05) is 32.0 Å². The molecule has 0 radical (unpaired) electrons. The second kappa shape index (κ2) is 9.31. The molecule has 3 rings (SSSR count). The molecule has 0 fully saturated rings. The zero-order valence-electron chi connectivity index (χ0n) is 16.8. The summed E-state index contributed by atoms with van der Waals surface area (Å²) in [5, 5.41) is 5.79. The molecule has 154 valence electrons. The van der Waals surface area contributed by atoms with E-state index in [-0.39, 0.29) is 17.7 Å². The van der Waals surface area contributed by atoms with Crippen LogP contribution in [0.25, 0.3) is 0 Å². The fourth-order valence-corrected chi connectivity index (χ4v) is 3.57. The topological polar surface area (TPSA) is 76.7 Å². The number of amides is 2. The molecule has 0 bridgehead atoms. The van der Waals surface area contributed by atoms with E-state index >= 15 is 0 Å².